The normalized spacial score (nSPS) is 12.4. The Bertz CT molecular complexity index is 912. The number of nitrogens with zero attached hydrogens (tertiary/aromatic N) is 2. The van der Waals surface area contributed by atoms with Gasteiger partial charge in [0.15, 0.2) is 0 Å². The predicted octanol–water partition coefficient (Wildman–Crippen LogP) is 4.70. The van der Waals surface area contributed by atoms with E-state index < -0.39 is 0 Å². The maximum atomic E-state index is 12.3. The van der Waals surface area contributed by atoms with Crippen LogP contribution in [0, 0.1) is 13.8 Å². The number of thioether (sulfide) groups is 1. The Hall–Kier alpha value is -2.31. The molecular formula is C21H23N3OS2. The summed E-state index contributed by atoms with van der Waals surface area (Å²) in [6.07, 6.45) is 5.47. The van der Waals surface area contributed by atoms with E-state index in [9.17, 15) is 4.79 Å². The van der Waals surface area contributed by atoms with Crippen molar-refractivity contribution in [3.05, 3.63) is 75.7 Å². The van der Waals surface area contributed by atoms with Crippen molar-refractivity contribution in [3.8, 4) is 0 Å². The SMILES string of the molecule is CSc1ccc(C=CC(=O)NCC(c2ccsc2)n2nc(C)cc2C)cc1. The van der Waals surface area contributed by atoms with E-state index in [2.05, 4.69) is 40.1 Å². The van der Waals surface area contributed by atoms with Gasteiger partial charge in [0.1, 0.15) is 0 Å². The standard InChI is InChI=1S/C21H23N3OS2/c1-15-12-16(2)24(23-15)20(18-10-11-27-14-18)13-22-21(25)9-6-17-4-7-19(26-3)8-5-17/h4-12,14,20H,13H2,1-3H3,(H,22,25). The number of carbonyl (C=O) groups is 1. The highest BCUT2D eigenvalue weighted by molar-refractivity contribution is 7.98. The number of nitrogens with one attached hydrogen (secondary N) is 1. The lowest BCUT2D eigenvalue weighted by molar-refractivity contribution is -0.116. The molecule has 140 valence electrons. The summed E-state index contributed by atoms with van der Waals surface area (Å²) >= 11 is 3.35. The molecular weight excluding hydrogens is 374 g/mol. The van der Waals surface area contributed by atoms with Crippen LogP contribution >= 0.6 is 23.1 Å². The van der Waals surface area contributed by atoms with E-state index in [1.54, 1.807) is 29.2 Å². The van der Waals surface area contributed by atoms with Gasteiger partial charge in [-0.15, -0.1) is 11.8 Å². The topological polar surface area (TPSA) is 46.9 Å². The van der Waals surface area contributed by atoms with Crippen LogP contribution in [0.25, 0.3) is 6.08 Å². The van der Waals surface area contributed by atoms with Gasteiger partial charge in [-0.3, -0.25) is 9.48 Å². The molecule has 0 aliphatic heterocycles. The van der Waals surface area contributed by atoms with Gasteiger partial charge in [0.05, 0.1) is 11.7 Å². The van der Waals surface area contributed by atoms with Crippen LogP contribution in [-0.2, 0) is 4.79 Å². The van der Waals surface area contributed by atoms with Gasteiger partial charge in [-0.2, -0.15) is 16.4 Å². The lowest BCUT2D eigenvalue weighted by Gasteiger charge is -2.18. The second-order valence-electron chi connectivity index (χ2n) is 6.30. The Balaban J connectivity index is 1.67. The maximum Gasteiger partial charge on any atom is 0.244 e. The van der Waals surface area contributed by atoms with Crippen LogP contribution in [0.5, 0.6) is 0 Å². The minimum absolute atomic E-state index is 0.0110. The van der Waals surface area contributed by atoms with E-state index in [0.717, 1.165) is 22.5 Å². The van der Waals surface area contributed by atoms with E-state index in [0.29, 0.717) is 6.54 Å². The van der Waals surface area contributed by atoms with E-state index >= 15 is 0 Å². The Labute approximate surface area is 168 Å². The summed E-state index contributed by atoms with van der Waals surface area (Å²) in [4.78, 5) is 13.5. The highest BCUT2D eigenvalue weighted by atomic mass is 32.2. The van der Waals surface area contributed by atoms with E-state index in [1.807, 2.05) is 48.4 Å². The van der Waals surface area contributed by atoms with Crippen molar-refractivity contribution in [1.82, 2.24) is 15.1 Å². The first-order valence-corrected chi connectivity index (χ1v) is 10.9. The third-order valence-corrected chi connectivity index (χ3v) is 5.73. The lowest BCUT2D eigenvalue weighted by atomic mass is 10.1. The highest BCUT2D eigenvalue weighted by Crippen LogP contribution is 2.22. The van der Waals surface area contributed by atoms with Gasteiger partial charge in [-0.25, -0.2) is 0 Å². The summed E-state index contributed by atoms with van der Waals surface area (Å²) < 4.78 is 1.99. The second kappa shape index (κ2) is 9.06. The average Bonchev–Trinajstić information content (AvgIpc) is 3.31. The number of thiophene rings is 1. The van der Waals surface area contributed by atoms with Crippen molar-refractivity contribution in [2.24, 2.45) is 0 Å². The zero-order chi connectivity index (χ0) is 19.2. The first-order chi connectivity index (χ1) is 13.1. The van der Waals surface area contributed by atoms with Gasteiger partial charge < -0.3 is 5.32 Å². The Morgan fingerprint density at radius 2 is 2.07 bits per heavy atom. The van der Waals surface area contributed by atoms with Crippen molar-refractivity contribution in [1.29, 1.82) is 0 Å². The third-order valence-electron chi connectivity index (χ3n) is 4.28. The molecule has 0 radical (unpaired) electrons. The molecule has 0 spiro atoms. The smallest absolute Gasteiger partial charge is 0.244 e. The van der Waals surface area contributed by atoms with Crippen LogP contribution in [0.2, 0.25) is 0 Å². The van der Waals surface area contributed by atoms with Gasteiger partial charge in [-0.05, 0) is 72.3 Å². The van der Waals surface area contributed by atoms with Crippen LogP contribution in [-0.4, -0.2) is 28.5 Å². The minimum atomic E-state index is -0.106. The number of rotatable bonds is 7. The fourth-order valence-electron chi connectivity index (χ4n) is 2.91. The van der Waals surface area contributed by atoms with Crippen molar-refractivity contribution >= 4 is 35.1 Å². The number of aromatic nitrogens is 2. The molecule has 0 aliphatic rings. The third kappa shape index (κ3) is 5.11. The zero-order valence-electron chi connectivity index (χ0n) is 15.7. The first kappa shape index (κ1) is 19.5. The molecule has 6 heteroatoms. The fraction of sp³-hybridized carbons (Fsp3) is 0.238. The fourth-order valence-corrected chi connectivity index (χ4v) is 4.03. The number of aryl methyl sites for hydroxylation is 2. The van der Waals surface area contributed by atoms with Crippen LogP contribution in [0.3, 0.4) is 0 Å². The molecule has 4 nitrogen and oxygen atoms in total. The van der Waals surface area contributed by atoms with Gasteiger partial charge in [0.25, 0.3) is 0 Å². The van der Waals surface area contributed by atoms with Crippen molar-refractivity contribution in [2.75, 3.05) is 12.8 Å². The molecule has 1 N–H and O–H groups in total. The minimum Gasteiger partial charge on any atom is -0.350 e. The van der Waals surface area contributed by atoms with Crippen molar-refractivity contribution in [3.63, 3.8) is 0 Å². The summed E-state index contributed by atoms with van der Waals surface area (Å²) in [5, 5.41) is 11.8. The molecule has 3 rings (SSSR count). The Morgan fingerprint density at radius 1 is 1.30 bits per heavy atom. The molecule has 27 heavy (non-hydrogen) atoms. The molecule has 0 bridgehead atoms. The predicted molar refractivity (Wildman–Crippen MR) is 114 cm³/mol. The Kier molecular flexibility index (Phi) is 6.53. The lowest BCUT2D eigenvalue weighted by Crippen LogP contribution is -2.31. The molecule has 3 aromatic rings. The highest BCUT2D eigenvalue weighted by Gasteiger charge is 2.18. The van der Waals surface area contributed by atoms with E-state index in [-0.39, 0.29) is 11.9 Å². The summed E-state index contributed by atoms with van der Waals surface area (Å²) in [7, 11) is 0. The number of benzene rings is 1. The molecule has 1 aromatic carbocycles. The van der Waals surface area contributed by atoms with E-state index in [4.69, 9.17) is 0 Å². The summed E-state index contributed by atoms with van der Waals surface area (Å²) in [5.41, 5.74) is 4.23. The molecule has 0 fully saturated rings. The molecule has 0 saturated carbocycles. The molecule has 0 saturated heterocycles. The number of amides is 1. The van der Waals surface area contributed by atoms with Crippen LogP contribution in [0.4, 0.5) is 0 Å². The van der Waals surface area contributed by atoms with E-state index in [1.165, 1.54) is 4.90 Å². The van der Waals surface area contributed by atoms with Crippen LogP contribution < -0.4 is 5.32 Å². The molecule has 1 amide bonds. The van der Waals surface area contributed by atoms with Gasteiger partial charge in [-0.1, -0.05) is 12.1 Å². The largest absolute Gasteiger partial charge is 0.350 e. The summed E-state index contributed by atoms with van der Waals surface area (Å²) in [6.45, 7) is 4.52. The molecule has 1 atom stereocenters. The zero-order valence-corrected chi connectivity index (χ0v) is 17.3. The molecule has 1 unspecified atom stereocenters. The van der Waals surface area contributed by atoms with Gasteiger partial charge in [0, 0.05) is 23.2 Å². The maximum absolute atomic E-state index is 12.3. The summed E-state index contributed by atoms with van der Waals surface area (Å²) in [6, 6.07) is 12.3. The molecule has 2 heterocycles. The number of hydrogen-bond donors (Lipinski definition) is 1. The number of carbonyl (C=O) groups excluding carboxylic acids is 1. The quantitative estimate of drug-likeness (QED) is 0.464. The monoisotopic (exact) mass is 397 g/mol. The summed E-state index contributed by atoms with van der Waals surface area (Å²) in [5.74, 6) is -0.106. The Morgan fingerprint density at radius 3 is 2.67 bits per heavy atom. The molecule has 2 aromatic heterocycles. The van der Waals surface area contributed by atoms with Crippen LogP contribution in [0.1, 0.15) is 28.6 Å². The number of hydrogen-bond acceptors (Lipinski definition) is 4. The second-order valence-corrected chi connectivity index (χ2v) is 7.96. The van der Waals surface area contributed by atoms with Crippen molar-refractivity contribution < 1.29 is 4.79 Å². The first-order valence-electron chi connectivity index (χ1n) is 8.71. The van der Waals surface area contributed by atoms with Gasteiger partial charge >= 0.3 is 0 Å². The van der Waals surface area contributed by atoms with Crippen LogP contribution in [0.15, 0.2) is 58.1 Å². The average molecular weight is 398 g/mol. The van der Waals surface area contributed by atoms with Gasteiger partial charge in [0.2, 0.25) is 5.91 Å². The van der Waals surface area contributed by atoms with Crippen molar-refractivity contribution in [2.45, 2.75) is 24.8 Å². The molecule has 0 aliphatic carbocycles.